The largest absolute Gasteiger partial charge is 0.488 e. The first-order valence-electron chi connectivity index (χ1n) is 7.47. The first kappa shape index (κ1) is 13.3. The van der Waals surface area contributed by atoms with Gasteiger partial charge in [0.25, 0.3) is 0 Å². The van der Waals surface area contributed by atoms with Crippen molar-refractivity contribution in [3.63, 3.8) is 0 Å². The molecular formula is C16H22ClNO. The Hall–Kier alpha value is -0.730. The quantitative estimate of drug-likeness (QED) is 0.905. The maximum atomic E-state index is 6.01. The van der Waals surface area contributed by atoms with E-state index in [1.54, 1.807) is 0 Å². The van der Waals surface area contributed by atoms with Gasteiger partial charge >= 0.3 is 0 Å². The summed E-state index contributed by atoms with van der Waals surface area (Å²) in [6, 6.07) is 5.91. The standard InChI is InChI=1S/C16H22ClNO/c17-14-6-7-16-13(8-14)9-15(19-16)11-18-10-12-4-2-1-3-5-12/h6-8,12,15,18H,1-5,9-11H2. The summed E-state index contributed by atoms with van der Waals surface area (Å²) in [5.74, 6) is 1.89. The predicted molar refractivity (Wildman–Crippen MR) is 79.0 cm³/mol. The van der Waals surface area contributed by atoms with E-state index in [9.17, 15) is 0 Å². The van der Waals surface area contributed by atoms with Gasteiger partial charge in [-0.15, -0.1) is 0 Å². The Labute approximate surface area is 120 Å². The van der Waals surface area contributed by atoms with Crippen LogP contribution in [0.3, 0.4) is 0 Å². The summed E-state index contributed by atoms with van der Waals surface area (Å²) in [4.78, 5) is 0. The molecule has 0 bridgehead atoms. The fourth-order valence-electron chi connectivity index (χ4n) is 3.24. The molecule has 19 heavy (non-hydrogen) atoms. The van der Waals surface area contributed by atoms with E-state index in [0.717, 1.165) is 36.2 Å². The zero-order chi connectivity index (χ0) is 13.1. The Morgan fingerprint density at radius 2 is 2.00 bits per heavy atom. The third-order valence-corrected chi connectivity index (χ3v) is 4.53. The van der Waals surface area contributed by atoms with Crippen LogP contribution in [0.15, 0.2) is 18.2 Å². The summed E-state index contributed by atoms with van der Waals surface area (Å²) >= 11 is 6.01. The van der Waals surface area contributed by atoms with Crippen molar-refractivity contribution in [1.29, 1.82) is 0 Å². The highest BCUT2D eigenvalue weighted by molar-refractivity contribution is 6.30. The SMILES string of the molecule is Clc1ccc2c(c1)CC(CNCC1CCCCC1)O2. The van der Waals surface area contributed by atoms with Crippen molar-refractivity contribution >= 4 is 11.6 Å². The fraction of sp³-hybridized carbons (Fsp3) is 0.625. The van der Waals surface area contributed by atoms with E-state index in [2.05, 4.69) is 5.32 Å². The molecule has 1 aliphatic carbocycles. The maximum Gasteiger partial charge on any atom is 0.123 e. The molecule has 1 saturated carbocycles. The molecule has 1 heterocycles. The first-order valence-corrected chi connectivity index (χ1v) is 7.85. The minimum Gasteiger partial charge on any atom is -0.488 e. The zero-order valence-electron chi connectivity index (χ0n) is 11.3. The molecule has 0 spiro atoms. The van der Waals surface area contributed by atoms with Gasteiger partial charge in [0.1, 0.15) is 11.9 Å². The minimum absolute atomic E-state index is 0.275. The number of benzene rings is 1. The van der Waals surface area contributed by atoms with Crippen molar-refractivity contribution < 1.29 is 4.74 Å². The van der Waals surface area contributed by atoms with E-state index >= 15 is 0 Å². The van der Waals surface area contributed by atoms with Crippen molar-refractivity contribution in [1.82, 2.24) is 5.32 Å². The van der Waals surface area contributed by atoms with Crippen LogP contribution in [0.1, 0.15) is 37.7 Å². The van der Waals surface area contributed by atoms with Crippen molar-refractivity contribution in [2.75, 3.05) is 13.1 Å². The molecule has 3 rings (SSSR count). The van der Waals surface area contributed by atoms with Gasteiger partial charge in [-0.25, -0.2) is 0 Å². The molecule has 0 saturated heterocycles. The molecule has 1 N–H and O–H groups in total. The summed E-state index contributed by atoms with van der Waals surface area (Å²) in [5, 5.41) is 4.39. The van der Waals surface area contributed by atoms with E-state index in [4.69, 9.17) is 16.3 Å². The topological polar surface area (TPSA) is 21.3 Å². The van der Waals surface area contributed by atoms with Crippen LogP contribution in [0.2, 0.25) is 5.02 Å². The zero-order valence-corrected chi connectivity index (χ0v) is 12.1. The van der Waals surface area contributed by atoms with Crippen molar-refractivity contribution in [3.05, 3.63) is 28.8 Å². The molecule has 0 amide bonds. The lowest BCUT2D eigenvalue weighted by Gasteiger charge is -2.22. The normalized spacial score (nSPS) is 23.1. The smallest absolute Gasteiger partial charge is 0.123 e. The number of nitrogens with one attached hydrogen (secondary N) is 1. The Morgan fingerprint density at radius 1 is 1.16 bits per heavy atom. The van der Waals surface area contributed by atoms with Crippen LogP contribution in [0, 0.1) is 5.92 Å². The molecule has 3 heteroatoms. The summed E-state index contributed by atoms with van der Waals surface area (Å²) in [5.41, 5.74) is 1.25. The van der Waals surface area contributed by atoms with Crippen LogP contribution < -0.4 is 10.1 Å². The second-order valence-corrected chi connectivity index (χ2v) is 6.29. The molecule has 0 radical (unpaired) electrons. The molecule has 2 aliphatic rings. The lowest BCUT2D eigenvalue weighted by Crippen LogP contribution is -2.33. The lowest BCUT2D eigenvalue weighted by molar-refractivity contribution is 0.221. The second kappa shape index (κ2) is 6.15. The summed E-state index contributed by atoms with van der Waals surface area (Å²) < 4.78 is 5.93. The fourth-order valence-corrected chi connectivity index (χ4v) is 3.44. The van der Waals surface area contributed by atoms with Crippen molar-refractivity contribution in [2.45, 2.75) is 44.6 Å². The lowest BCUT2D eigenvalue weighted by atomic mass is 9.89. The van der Waals surface area contributed by atoms with Gasteiger partial charge in [-0.05, 0) is 49.1 Å². The Balaban J connectivity index is 1.43. The Bertz CT molecular complexity index is 429. The molecule has 1 aromatic carbocycles. The van der Waals surface area contributed by atoms with Crippen molar-refractivity contribution in [2.24, 2.45) is 5.92 Å². The van der Waals surface area contributed by atoms with E-state index in [1.807, 2.05) is 18.2 Å². The Morgan fingerprint density at radius 3 is 2.84 bits per heavy atom. The predicted octanol–water partition coefficient (Wildman–Crippen LogP) is 3.81. The molecule has 1 unspecified atom stereocenters. The van der Waals surface area contributed by atoms with Gasteiger partial charge in [-0.3, -0.25) is 0 Å². The van der Waals surface area contributed by atoms with Gasteiger partial charge in [0, 0.05) is 18.0 Å². The molecule has 1 atom stereocenters. The summed E-state index contributed by atoms with van der Waals surface area (Å²) in [6.07, 6.45) is 8.30. The molecule has 1 aromatic rings. The highest BCUT2D eigenvalue weighted by Gasteiger charge is 2.23. The molecule has 1 aliphatic heterocycles. The number of ether oxygens (including phenoxy) is 1. The number of rotatable bonds is 4. The molecule has 0 aromatic heterocycles. The molecule has 1 fully saturated rings. The van der Waals surface area contributed by atoms with E-state index in [0.29, 0.717) is 0 Å². The van der Waals surface area contributed by atoms with Gasteiger partial charge in [0.05, 0.1) is 0 Å². The number of halogens is 1. The number of hydrogen-bond acceptors (Lipinski definition) is 2. The van der Waals surface area contributed by atoms with Crippen LogP contribution in [0.5, 0.6) is 5.75 Å². The van der Waals surface area contributed by atoms with Crippen LogP contribution in [-0.4, -0.2) is 19.2 Å². The highest BCUT2D eigenvalue weighted by Crippen LogP contribution is 2.31. The monoisotopic (exact) mass is 279 g/mol. The Kier molecular flexibility index (Phi) is 4.29. The average Bonchev–Trinajstić information content (AvgIpc) is 2.82. The minimum atomic E-state index is 0.275. The van der Waals surface area contributed by atoms with Crippen molar-refractivity contribution in [3.8, 4) is 5.75 Å². The molecule has 2 nitrogen and oxygen atoms in total. The highest BCUT2D eigenvalue weighted by atomic mass is 35.5. The number of fused-ring (bicyclic) bond motifs is 1. The average molecular weight is 280 g/mol. The second-order valence-electron chi connectivity index (χ2n) is 5.86. The molecular weight excluding hydrogens is 258 g/mol. The van der Waals surface area contributed by atoms with Gasteiger partial charge < -0.3 is 10.1 Å². The molecule has 104 valence electrons. The summed E-state index contributed by atoms with van der Waals surface area (Å²) in [6.45, 7) is 2.10. The van der Waals surface area contributed by atoms with Crippen LogP contribution in [-0.2, 0) is 6.42 Å². The van der Waals surface area contributed by atoms with E-state index in [-0.39, 0.29) is 6.10 Å². The van der Waals surface area contributed by atoms with Gasteiger partial charge in [0.2, 0.25) is 0 Å². The van der Waals surface area contributed by atoms with Gasteiger partial charge in [-0.2, -0.15) is 0 Å². The van der Waals surface area contributed by atoms with Crippen LogP contribution in [0.4, 0.5) is 0 Å². The van der Waals surface area contributed by atoms with Crippen LogP contribution >= 0.6 is 11.6 Å². The third kappa shape index (κ3) is 3.43. The van der Waals surface area contributed by atoms with Gasteiger partial charge in [-0.1, -0.05) is 30.9 Å². The third-order valence-electron chi connectivity index (χ3n) is 4.29. The summed E-state index contributed by atoms with van der Waals surface area (Å²) in [7, 11) is 0. The van der Waals surface area contributed by atoms with Crippen LogP contribution in [0.25, 0.3) is 0 Å². The van der Waals surface area contributed by atoms with E-state index in [1.165, 1.54) is 37.7 Å². The van der Waals surface area contributed by atoms with E-state index < -0.39 is 0 Å². The maximum absolute atomic E-state index is 6.01. The number of hydrogen-bond donors (Lipinski definition) is 1. The van der Waals surface area contributed by atoms with Gasteiger partial charge in [0.15, 0.2) is 0 Å². The first-order chi connectivity index (χ1) is 9.31.